The zero-order valence-electron chi connectivity index (χ0n) is 13.0. The molecule has 2 aromatic rings. The van der Waals surface area contributed by atoms with E-state index >= 15 is 0 Å². The van der Waals surface area contributed by atoms with Gasteiger partial charge in [-0.05, 0) is 24.1 Å². The summed E-state index contributed by atoms with van der Waals surface area (Å²) in [6, 6.07) is 8.19. The number of hydrogen-bond donors (Lipinski definition) is 0. The molecule has 122 valence electrons. The van der Waals surface area contributed by atoms with Gasteiger partial charge in [0.1, 0.15) is 0 Å². The summed E-state index contributed by atoms with van der Waals surface area (Å²) in [6.07, 6.45) is 1.21. The van der Waals surface area contributed by atoms with Gasteiger partial charge in [0.2, 0.25) is 11.8 Å². The van der Waals surface area contributed by atoms with Gasteiger partial charge < -0.3 is 14.2 Å². The number of amides is 1. The van der Waals surface area contributed by atoms with Crippen molar-refractivity contribution in [1.29, 1.82) is 0 Å². The van der Waals surface area contributed by atoms with Gasteiger partial charge in [-0.15, -0.1) is 5.10 Å². The maximum Gasteiger partial charge on any atom is 0.318 e. The third-order valence-electron chi connectivity index (χ3n) is 3.93. The third-order valence-corrected chi connectivity index (χ3v) is 4.17. The highest BCUT2D eigenvalue weighted by molar-refractivity contribution is 6.30. The van der Waals surface area contributed by atoms with Gasteiger partial charge in [0.15, 0.2) is 0 Å². The highest BCUT2D eigenvalue weighted by Crippen LogP contribution is 2.16. The molecule has 0 atom stereocenters. The molecule has 0 spiro atoms. The van der Waals surface area contributed by atoms with Gasteiger partial charge in [-0.3, -0.25) is 4.79 Å². The van der Waals surface area contributed by atoms with Crippen LogP contribution in [0.4, 0.5) is 6.01 Å². The Morgan fingerprint density at radius 1 is 1.26 bits per heavy atom. The largest absolute Gasteiger partial charge is 0.408 e. The number of carbonyl (C=O) groups excluding carboxylic acids is 1. The molecule has 6 nitrogen and oxygen atoms in total. The Labute approximate surface area is 140 Å². The van der Waals surface area contributed by atoms with Crippen LogP contribution in [0.1, 0.15) is 17.9 Å². The molecule has 2 heterocycles. The molecule has 0 N–H and O–H groups in total. The van der Waals surface area contributed by atoms with Gasteiger partial charge in [0.25, 0.3) is 0 Å². The summed E-state index contributed by atoms with van der Waals surface area (Å²) in [5, 5.41) is 8.56. The zero-order valence-corrected chi connectivity index (χ0v) is 13.8. The maximum atomic E-state index is 12.3. The number of anilines is 1. The van der Waals surface area contributed by atoms with Crippen molar-refractivity contribution in [3.8, 4) is 0 Å². The summed E-state index contributed by atoms with van der Waals surface area (Å²) in [5.41, 5.74) is 1.09. The summed E-state index contributed by atoms with van der Waals surface area (Å²) in [4.78, 5) is 16.2. The number of nitrogens with zero attached hydrogens (tertiary/aromatic N) is 4. The molecule has 0 unspecified atom stereocenters. The van der Waals surface area contributed by atoms with Gasteiger partial charge in [-0.25, -0.2) is 0 Å². The second-order valence-electron chi connectivity index (χ2n) is 5.60. The van der Waals surface area contributed by atoms with E-state index in [1.807, 2.05) is 34.1 Å². The third kappa shape index (κ3) is 4.01. The first kappa shape index (κ1) is 15.8. The van der Waals surface area contributed by atoms with Crippen LogP contribution in [-0.4, -0.2) is 47.2 Å². The number of hydrogen-bond acceptors (Lipinski definition) is 5. The topological polar surface area (TPSA) is 62.5 Å². The van der Waals surface area contributed by atoms with Crippen molar-refractivity contribution in [3.63, 3.8) is 0 Å². The summed E-state index contributed by atoms with van der Waals surface area (Å²) in [6.45, 7) is 4.55. The van der Waals surface area contributed by atoms with E-state index in [2.05, 4.69) is 10.2 Å². The first-order chi connectivity index (χ1) is 11.1. The molecule has 7 heteroatoms. The summed E-state index contributed by atoms with van der Waals surface area (Å²) in [7, 11) is 0. The molecule has 1 aliphatic heterocycles. The number of aromatic nitrogens is 2. The molecule has 23 heavy (non-hydrogen) atoms. The van der Waals surface area contributed by atoms with Crippen molar-refractivity contribution in [2.45, 2.75) is 19.8 Å². The van der Waals surface area contributed by atoms with Crippen molar-refractivity contribution >= 4 is 23.5 Å². The Morgan fingerprint density at radius 3 is 2.70 bits per heavy atom. The molecule has 1 aromatic heterocycles. The highest BCUT2D eigenvalue weighted by Gasteiger charge is 2.23. The van der Waals surface area contributed by atoms with Gasteiger partial charge in [0.05, 0.1) is 0 Å². The lowest BCUT2D eigenvalue weighted by Crippen LogP contribution is -2.49. The van der Waals surface area contributed by atoms with E-state index in [1.54, 1.807) is 6.92 Å². The van der Waals surface area contributed by atoms with Crippen LogP contribution < -0.4 is 4.90 Å². The Bertz CT molecular complexity index is 680. The minimum atomic E-state index is 0.173. The fourth-order valence-electron chi connectivity index (χ4n) is 2.66. The standard InChI is InChI=1S/C16H19ClN4O2/c1-12-18-19-16(23-12)21-9-7-20(8-10-21)15(22)6-5-13-3-2-4-14(17)11-13/h2-4,11H,5-10H2,1H3. The second-order valence-corrected chi connectivity index (χ2v) is 6.04. The monoisotopic (exact) mass is 334 g/mol. The van der Waals surface area contributed by atoms with E-state index in [0.717, 1.165) is 5.56 Å². The molecule has 1 aromatic carbocycles. The normalized spacial score (nSPS) is 15.0. The van der Waals surface area contributed by atoms with Crippen molar-refractivity contribution in [2.75, 3.05) is 31.1 Å². The maximum absolute atomic E-state index is 12.3. The van der Waals surface area contributed by atoms with E-state index in [4.69, 9.17) is 16.0 Å². The van der Waals surface area contributed by atoms with Crippen molar-refractivity contribution in [2.24, 2.45) is 0 Å². The van der Waals surface area contributed by atoms with Gasteiger partial charge in [-0.1, -0.05) is 28.8 Å². The molecule has 1 amide bonds. The van der Waals surface area contributed by atoms with E-state index in [9.17, 15) is 4.79 Å². The first-order valence-corrected chi connectivity index (χ1v) is 8.07. The average Bonchev–Trinajstić information content (AvgIpc) is 2.99. The molecule has 1 saturated heterocycles. The fraction of sp³-hybridized carbons (Fsp3) is 0.438. The van der Waals surface area contributed by atoms with Crippen LogP contribution in [0.5, 0.6) is 0 Å². The number of rotatable bonds is 4. The summed E-state index contributed by atoms with van der Waals surface area (Å²) >= 11 is 5.96. The van der Waals surface area contributed by atoms with Crippen LogP contribution >= 0.6 is 11.6 Å². The lowest BCUT2D eigenvalue weighted by molar-refractivity contribution is -0.131. The Morgan fingerprint density at radius 2 is 2.04 bits per heavy atom. The summed E-state index contributed by atoms with van der Waals surface area (Å²) in [5.74, 6) is 0.728. The van der Waals surface area contributed by atoms with Crippen LogP contribution in [0.2, 0.25) is 5.02 Å². The molecule has 3 rings (SSSR count). The van der Waals surface area contributed by atoms with Gasteiger partial charge in [0, 0.05) is 44.5 Å². The number of aryl methyl sites for hydroxylation is 2. The second kappa shape index (κ2) is 7.00. The number of carbonyl (C=O) groups is 1. The molecule has 0 bridgehead atoms. The molecule has 1 aliphatic rings. The van der Waals surface area contributed by atoms with E-state index in [1.165, 1.54) is 0 Å². The van der Waals surface area contributed by atoms with Crippen LogP contribution in [0.25, 0.3) is 0 Å². The Balaban J connectivity index is 1.48. The Hall–Kier alpha value is -2.08. The lowest BCUT2D eigenvalue weighted by Gasteiger charge is -2.33. The van der Waals surface area contributed by atoms with E-state index in [0.29, 0.717) is 55.9 Å². The van der Waals surface area contributed by atoms with Crippen LogP contribution in [0.15, 0.2) is 28.7 Å². The summed E-state index contributed by atoms with van der Waals surface area (Å²) < 4.78 is 5.42. The molecular weight excluding hydrogens is 316 g/mol. The smallest absolute Gasteiger partial charge is 0.318 e. The van der Waals surface area contributed by atoms with Crippen molar-refractivity contribution in [3.05, 3.63) is 40.7 Å². The van der Waals surface area contributed by atoms with E-state index in [-0.39, 0.29) is 5.91 Å². The Kier molecular flexibility index (Phi) is 4.81. The van der Waals surface area contributed by atoms with Crippen LogP contribution in [0.3, 0.4) is 0 Å². The SMILES string of the molecule is Cc1nnc(N2CCN(C(=O)CCc3cccc(Cl)c3)CC2)o1. The van der Waals surface area contributed by atoms with Crippen molar-refractivity contribution < 1.29 is 9.21 Å². The van der Waals surface area contributed by atoms with Crippen LogP contribution in [-0.2, 0) is 11.2 Å². The minimum Gasteiger partial charge on any atom is -0.408 e. The molecule has 0 saturated carbocycles. The van der Waals surface area contributed by atoms with Gasteiger partial charge in [-0.2, -0.15) is 0 Å². The number of piperazine rings is 1. The van der Waals surface area contributed by atoms with Crippen LogP contribution in [0, 0.1) is 6.92 Å². The lowest BCUT2D eigenvalue weighted by atomic mass is 10.1. The molecular formula is C16H19ClN4O2. The highest BCUT2D eigenvalue weighted by atomic mass is 35.5. The molecule has 1 fully saturated rings. The van der Waals surface area contributed by atoms with Gasteiger partial charge >= 0.3 is 6.01 Å². The number of benzene rings is 1. The van der Waals surface area contributed by atoms with Crippen molar-refractivity contribution in [1.82, 2.24) is 15.1 Å². The zero-order chi connectivity index (χ0) is 16.2. The molecule has 0 aliphatic carbocycles. The minimum absolute atomic E-state index is 0.173. The molecule has 0 radical (unpaired) electrons. The predicted molar refractivity (Wildman–Crippen MR) is 87.6 cm³/mol. The predicted octanol–water partition coefficient (Wildman–Crippen LogP) is 2.31. The number of halogens is 1. The van der Waals surface area contributed by atoms with E-state index < -0.39 is 0 Å². The average molecular weight is 335 g/mol. The fourth-order valence-corrected chi connectivity index (χ4v) is 2.88. The quantitative estimate of drug-likeness (QED) is 0.858. The first-order valence-electron chi connectivity index (χ1n) is 7.69.